The first kappa shape index (κ1) is 14.4. The van der Waals surface area contributed by atoms with Crippen LogP contribution in [0.1, 0.15) is 26.2 Å². The Kier molecular flexibility index (Phi) is 4.12. The third-order valence-electron chi connectivity index (χ3n) is 4.39. The van der Waals surface area contributed by atoms with E-state index in [2.05, 4.69) is 28.6 Å². The maximum Gasteiger partial charge on any atom is 0.209 e. The van der Waals surface area contributed by atoms with E-state index in [-0.39, 0.29) is 0 Å². The molecule has 0 radical (unpaired) electrons. The van der Waals surface area contributed by atoms with Crippen LogP contribution < -0.4 is 5.73 Å². The Labute approximate surface area is 125 Å². The van der Waals surface area contributed by atoms with E-state index < -0.39 is 0 Å². The molecule has 1 fully saturated rings. The molecule has 0 spiro atoms. The molecule has 1 atom stereocenters. The molecular weight excluding hydrogens is 264 g/mol. The van der Waals surface area contributed by atoms with Gasteiger partial charge in [-0.25, -0.2) is 4.98 Å². The van der Waals surface area contributed by atoms with Gasteiger partial charge in [-0.15, -0.1) is 0 Å². The van der Waals surface area contributed by atoms with Gasteiger partial charge >= 0.3 is 0 Å². The normalized spacial score (nSPS) is 19.9. The van der Waals surface area contributed by atoms with Crippen molar-refractivity contribution < 1.29 is 4.42 Å². The maximum absolute atomic E-state index is 5.81. The van der Waals surface area contributed by atoms with Gasteiger partial charge < -0.3 is 10.2 Å². The fourth-order valence-electron chi connectivity index (χ4n) is 3.24. The Hall–Kier alpha value is -1.59. The van der Waals surface area contributed by atoms with Crippen molar-refractivity contribution in [2.75, 3.05) is 31.9 Å². The number of benzene rings is 1. The molecule has 0 bridgehead atoms. The van der Waals surface area contributed by atoms with E-state index in [4.69, 9.17) is 10.2 Å². The van der Waals surface area contributed by atoms with Gasteiger partial charge in [0.05, 0.1) is 6.54 Å². The quantitative estimate of drug-likeness (QED) is 0.856. The Morgan fingerprint density at radius 3 is 2.95 bits per heavy atom. The number of oxazole rings is 1. The Balaban J connectivity index is 1.66. The summed E-state index contributed by atoms with van der Waals surface area (Å²) >= 11 is 0. The summed E-state index contributed by atoms with van der Waals surface area (Å²) in [6.07, 6.45) is 1.23. The van der Waals surface area contributed by atoms with Crippen molar-refractivity contribution in [2.45, 2.75) is 32.9 Å². The zero-order chi connectivity index (χ0) is 14.8. The lowest BCUT2D eigenvalue weighted by Crippen LogP contribution is -2.37. The van der Waals surface area contributed by atoms with E-state index in [9.17, 15) is 0 Å². The van der Waals surface area contributed by atoms with Gasteiger partial charge in [0.1, 0.15) is 5.52 Å². The molecule has 1 unspecified atom stereocenters. The van der Waals surface area contributed by atoms with Crippen LogP contribution in [0.3, 0.4) is 0 Å². The summed E-state index contributed by atoms with van der Waals surface area (Å²) in [6, 6.07) is 6.29. The summed E-state index contributed by atoms with van der Waals surface area (Å²) in [7, 11) is 0. The van der Waals surface area contributed by atoms with Gasteiger partial charge in [0.15, 0.2) is 5.58 Å². The minimum absolute atomic E-state index is 0.667. The van der Waals surface area contributed by atoms with Crippen LogP contribution >= 0.6 is 0 Å². The number of nitrogens with two attached hydrogens (primary N) is 1. The second kappa shape index (κ2) is 6.03. The molecule has 5 heteroatoms. The fraction of sp³-hybridized carbons (Fsp3) is 0.562. The highest BCUT2D eigenvalue weighted by Gasteiger charge is 2.27. The lowest BCUT2D eigenvalue weighted by Gasteiger charge is -2.25. The lowest BCUT2D eigenvalue weighted by atomic mass is 10.2. The van der Waals surface area contributed by atoms with E-state index in [1.807, 2.05) is 18.2 Å². The first-order valence-electron chi connectivity index (χ1n) is 7.81. The Morgan fingerprint density at radius 1 is 1.38 bits per heavy atom. The summed E-state index contributed by atoms with van der Waals surface area (Å²) in [5.74, 6) is 0.788. The molecular formula is C16H24N4O. The topological polar surface area (TPSA) is 58.5 Å². The molecule has 21 heavy (non-hydrogen) atoms. The summed E-state index contributed by atoms with van der Waals surface area (Å²) in [4.78, 5) is 9.51. The smallest absolute Gasteiger partial charge is 0.209 e. The Morgan fingerprint density at radius 2 is 2.19 bits per heavy atom. The largest absolute Gasteiger partial charge is 0.439 e. The van der Waals surface area contributed by atoms with Crippen LogP contribution in [0.4, 0.5) is 5.69 Å². The molecule has 1 aliphatic heterocycles. The maximum atomic E-state index is 5.81. The minimum Gasteiger partial charge on any atom is -0.439 e. The molecule has 2 heterocycles. The van der Waals surface area contributed by atoms with Gasteiger partial charge in [0.2, 0.25) is 5.89 Å². The van der Waals surface area contributed by atoms with Crippen LogP contribution in [0.2, 0.25) is 0 Å². The van der Waals surface area contributed by atoms with Gasteiger partial charge in [-0.1, -0.05) is 13.8 Å². The van der Waals surface area contributed by atoms with E-state index >= 15 is 0 Å². The SMILES string of the molecule is CCN(CC)C1CCN(Cc2nc3ccc(N)cc3o2)C1. The summed E-state index contributed by atoms with van der Waals surface area (Å²) in [5.41, 5.74) is 8.16. The van der Waals surface area contributed by atoms with Crippen LogP contribution in [0.15, 0.2) is 22.6 Å². The molecule has 1 aromatic carbocycles. The van der Waals surface area contributed by atoms with Crippen LogP contribution in [-0.4, -0.2) is 47.0 Å². The highest BCUT2D eigenvalue weighted by molar-refractivity contribution is 5.76. The molecule has 1 aromatic heterocycles. The molecule has 2 N–H and O–H groups in total. The molecule has 1 saturated heterocycles. The highest BCUT2D eigenvalue weighted by Crippen LogP contribution is 2.22. The molecule has 0 aliphatic carbocycles. The van der Waals surface area contributed by atoms with E-state index in [0.29, 0.717) is 11.7 Å². The predicted molar refractivity (Wildman–Crippen MR) is 85.0 cm³/mol. The molecule has 114 valence electrons. The number of fused-ring (bicyclic) bond motifs is 1. The number of rotatable bonds is 5. The zero-order valence-electron chi connectivity index (χ0n) is 12.9. The number of anilines is 1. The summed E-state index contributed by atoms with van der Waals surface area (Å²) < 4.78 is 5.81. The molecule has 3 rings (SSSR count). The Bertz CT molecular complexity index is 605. The molecule has 0 amide bonds. The molecule has 5 nitrogen and oxygen atoms in total. The van der Waals surface area contributed by atoms with Gasteiger partial charge in [-0.05, 0) is 31.6 Å². The van der Waals surface area contributed by atoms with Gasteiger partial charge in [0, 0.05) is 30.9 Å². The second-order valence-electron chi connectivity index (χ2n) is 5.73. The van der Waals surface area contributed by atoms with Gasteiger partial charge in [-0.2, -0.15) is 0 Å². The van der Waals surface area contributed by atoms with Crippen LogP contribution in [0.5, 0.6) is 0 Å². The molecule has 2 aromatic rings. The summed E-state index contributed by atoms with van der Waals surface area (Å²) in [6.45, 7) is 9.71. The monoisotopic (exact) mass is 288 g/mol. The molecule has 0 saturated carbocycles. The van der Waals surface area contributed by atoms with E-state index in [0.717, 1.165) is 49.7 Å². The standard InChI is InChI=1S/C16H24N4O/c1-3-20(4-2)13-7-8-19(10-13)11-16-18-14-6-5-12(17)9-15(14)21-16/h5-6,9,13H,3-4,7-8,10-11,17H2,1-2H3. The highest BCUT2D eigenvalue weighted by atomic mass is 16.3. The number of likely N-dealkylation sites (tertiary alicyclic amines) is 1. The molecule has 1 aliphatic rings. The van der Waals surface area contributed by atoms with Crippen molar-refractivity contribution >= 4 is 16.8 Å². The van der Waals surface area contributed by atoms with Gasteiger partial charge in [0.25, 0.3) is 0 Å². The third-order valence-corrected chi connectivity index (χ3v) is 4.39. The van der Waals surface area contributed by atoms with Crippen LogP contribution in [-0.2, 0) is 6.54 Å². The van der Waals surface area contributed by atoms with Crippen molar-refractivity contribution in [3.05, 3.63) is 24.1 Å². The van der Waals surface area contributed by atoms with Crippen molar-refractivity contribution in [2.24, 2.45) is 0 Å². The number of likely N-dealkylation sites (N-methyl/N-ethyl adjacent to an activating group) is 1. The average Bonchev–Trinajstić information content (AvgIpc) is 3.07. The average molecular weight is 288 g/mol. The van der Waals surface area contributed by atoms with Crippen molar-refractivity contribution in [3.63, 3.8) is 0 Å². The number of nitrogens with zero attached hydrogens (tertiary/aromatic N) is 3. The second-order valence-corrected chi connectivity index (χ2v) is 5.73. The van der Waals surface area contributed by atoms with Gasteiger partial charge in [-0.3, -0.25) is 9.80 Å². The van der Waals surface area contributed by atoms with E-state index in [1.54, 1.807) is 0 Å². The zero-order valence-corrected chi connectivity index (χ0v) is 12.9. The first-order chi connectivity index (χ1) is 10.2. The van der Waals surface area contributed by atoms with Crippen LogP contribution in [0, 0.1) is 0 Å². The predicted octanol–water partition coefficient (Wildman–Crippen LogP) is 2.33. The van der Waals surface area contributed by atoms with Crippen molar-refractivity contribution in [1.82, 2.24) is 14.8 Å². The van der Waals surface area contributed by atoms with E-state index in [1.165, 1.54) is 6.42 Å². The lowest BCUT2D eigenvalue weighted by molar-refractivity contribution is 0.204. The fourth-order valence-corrected chi connectivity index (χ4v) is 3.24. The van der Waals surface area contributed by atoms with Crippen LogP contribution in [0.25, 0.3) is 11.1 Å². The number of aromatic nitrogens is 1. The third kappa shape index (κ3) is 3.04. The number of nitrogen functional groups attached to an aromatic ring is 1. The number of hydrogen-bond acceptors (Lipinski definition) is 5. The minimum atomic E-state index is 0.667. The van der Waals surface area contributed by atoms with Crippen molar-refractivity contribution in [3.8, 4) is 0 Å². The van der Waals surface area contributed by atoms with Crippen molar-refractivity contribution in [1.29, 1.82) is 0 Å². The summed E-state index contributed by atoms with van der Waals surface area (Å²) in [5, 5.41) is 0. The first-order valence-corrected chi connectivity index (χ1v) is 7.81. The number of hydrogen-bond donors (Lipinski definition) is 1.